The van der Waals surface area contributed by atoms with Crippen LogP contribution in [0.4, 0.5) is 4.79 Å². The van der Waals surface area contributed by atoms with Crippen molar-refractivity contribution in [2.45, 2.75) is 25.8 Å². The highest BCUT2D eigenvalue weighted by Crippen LogP contribution is 2.22. The highest BCUT2D eigenvalue weighted by Gasteiger charge is 2.29. The molecule has 1 N–H and O–H groups in total. The van der Waals surface area contributed by atoms with Crippen molar-refractivity contribution in [3.63, 3.8) is 0 Å². The fraction of sp³-hybridized carbons (Fsp3) is 0.619. The van der Waals surface area contributed by atoms with Crippen LogP contribution in [-0.4, -0.2) is 74.3 Å². The second-order valence-electron chi connectivity index (χ2n) is 7.28. The first-order valence-corrected chi connectivity index (χ1v) is 10.2. The Labute approximate surface area is 167 Å². The van der Waals surface area contributed by atoms with Crippen LogP contribution >= 0.6 is 0 Å². The van der Waals surface area contributed by atoms with Gasteiger partial charge in [0.05, 0.1) is 25.9 Å². The molecule has 1 aromatic carbocycles. The molecule has 154 valence electrons. The SMILES string of the molecule is CCOC(=O)N1CCC(C(=O)NCC(c2ccccc2)N2CCOCC2)CC1. The van der Waals surface area contributed by atoms with Crippen molar-refractivity contribution in [3.8, 4) is 0 Å². The number of amides is 2. The molecule has 0 saturated carbocycles. The number of hydrogen-bond acceptors (Lipinski definition) is 5. The maximum Gasteiger partial charge on any atom is 0.409 e. The first-order chi connectivity index (χ1) is 13.7. The number of hydrogen-bond donors (Lipinski definition) is 1. The number of nitrogens with one attached hydrogen (secondary N) is 1. The standard InChI is InChI=1S/C21H31N3O4/c1-2-28-21(26)24-10-8-18(9-11-24)20(25)22-16-19(17-6-4-3-5-7-17)23-12-14-27-15-13-23/h3-7,18-19H,2,8-16H2,1H3,(H,22,25). The van der Waals surface area contributed by atoms with Crippen LogP contribution in [-0.2, 0) is 14.3 Å². The number of rotatable bonds is 6. The van der Waals surface area contributed by atoms with Gasteiger partial charge < -0.3 is 19.7 Å². The number of benzene rings is 1. The zero-order valence-electron chi connectivity index (χ0n) is 16.6. The van der Waals surface area contributed by atoms with Crippen LogP contribution in [0.25, 0.3) is 0 Å². The largest absolute Gasteiger partial charge is 0.450 e. The van der Waals surface area contributed by atoms with Gasteiger partial charge in [0, 0.05) is 38.6 Å². The summed E-state index contributed by atoms with van der Waals surface area (Å²) in [6.07, 6.45) is 1.08. The van der Waals surface area contributed by atoms with Gasteiger partial charge in [-0.3, -0.25) is 9.69 Å². The van der Waals surface area contributed by atoms with Crippen molar-refractivity contribution in [1.82, 2.24) is 15.1 Å². The number of morpholine rings is 1. The second kappa shape index (κ2) is 10.4. The molecule has 2 heterocycles. The average Bonchev–Trinajstić information content (AvgIpc) is 2.75. The summed E-state index contributed by atoms with van der Waals surface area (Å²) in [5, 5.41) is 3.16. The summed E-state index contributed by atoms with van der Waals surface area (Å²) < 4.78 is 10.5. The van der Waals surface area contributed by atoms with Gasteiger partial charge in [-0.2, -0.15) is 0 Å². The van der Waals surface area contributed by atoms with Crippen LogP contribution in [0.5, 0.6) is 0 Å². The van der Waals surface area contributed by atoms with E-state index in [0.29, 0.717) is 39.1 Å². The minimum Gasteiger partial charge on any atom is -0.450 e. The second-order valence-corrected chi connectivity index (χ2v) is 7.28. The number of nitrogens with zero attached hydrogens (tertiary/aromatic N) is 2. The van der Waals surface area contributed by atoms with Gasteiger partial charge in [-0.1, -0.05) is 30.3 Å². The zero-order valence-corrected chi connectivity index (χ0v) is 16.6. The van der Waals surface area contributed by atoms with E-state index in [2.05, 4.69) is 22.3 Å². The van der Waals surface area contributed by atoms with Gasteiger partial charge in [0.15, 0.2) is 0 Å². The van der Waals surface area contributed by atoms with Crippen LogP contribution in [0, 0.1) is 5.92 Å². The predicted molar refractivity (Wildman–Crippen MR) is 106 cm³/mol. The molecule has 1 unspecified atom stereocenters. The fourth-order valence-corrected chi connectivity index (χ4v) is 3.90. The Morgan fingerprint density at radius 2 is 1.82 bits per heavy atom. The van der Waals surface area contributed by atoms with Gasteiger partial charge in [0.25, 0.3) is 0 Å². The molecule has 28 heavy (non-hydrogen) atoms. The molecule has 0 spiro atoms. The lowest BCUT2D eigenvalue weighted by Gasteiger charge is -2.35. The van der Waals surface area contributed by atoms with Crippen LogP contribution < -0.4 is 5.32 Å². The molecule has 7 heteroatoms. The Bertz CT molecular complexity index is 626. The van der Waals surface area contributed by atoms with Crippen LogP contribution in [0.1, 0.15) is 31.4 Å². The fourth-order valence-electron chi connectivity index (χ4n) is 3.90. The van der Waals surface area contributed by atoms with Gasteiger partial charge in [-0.15, -0.1) is 0 Å². The quantitative estimate of drug-likeness (QED) is 0.806. The van der Waals surface area contributed by atoms with Gasteiger partial charge in [-0.05, 0) is 25.3 Å². The van der Waals surface area contributed by atoms with E-state index in [-0.39, 0.29) is 24.0 Å². The monoisotopic (exact) mass is 389 g/mol. The number of likely N-dealkylation sites (tertiary alicyclic amines) is 1. The summed E-state index contributed by atoms with van der Waals surface area (Å²) in [6, 6.07) is 10.5. The minimum atomic E-state index is -0.280. The average molecular weight is 389 g/mol. The molecule has 0 radical (unpaired) electrons. The lowest BCUT2D eigenvalue weighted by Crippen LogP contribution is -2.46. The van der Waals surface area contributed by atoms with Crippen molar-refractivity contribution >= 4 is 12.0 Å². The molecule has 0 aliphatic carbocycles. The van der Waals surface area contributed by atoms with Crippen LogP contribution in [0.15, 0.2) is 30.3 Å². The molecule has 3 rings (SSSR count). The lowest BCUT2D eigenvalue weighted by molar-refractivity contribution is -0.126. The first kappa shape index (κ1) is 20.6. The first-order valence-electron chi connectivity index (χ1n) is 10.2. The molecule has 2 aliphatic rings. The van der Waals surface area contributed by atoms with Crippen LogP contribution in [0.2, 0.25) is 0 Å². The van der Waals surface area contributed by atoms with Crippen molar-refractivity contribution in [2.75, 3.05) is 52.5 Å². The Morgan fingerprint density at radius 1 is 1.14 bits per heavy atom. The van der Waals surface area contributed by atoms with Crippen molar-refractivity contribution < 1.29 is 19.1 Å². The molecule has 7 nitrogen and oxygen atoms in total. The van der Waals surface area contributed by atoms with E-state index in [1.54, 1.807) is 11.8 Å². The predicted octanol–water partition coefficient (Wildman–Crippen LogP) is 2.04. The summed E-state index contributed by atoms with van der Waals surface area (Å²) in [5.41, 5.74) is 1.21. The molecule has 1 aromatic rings. The van der Waals surface area contributed by atoms with Gasteiger partial charge >= 0.3 is 6.09 Å². The van der Waals surface area contributed by atoms with E-state index in [1.165, 1.54) is 5.56 Å². The third-order valence-electron chi connectivity index (χ3n) is 5.53. The minimum absolute atomic E-state index is 0.0493. The van der Waals surface area contributed by atoms with E-state index in [4.69, 9.17) is 9.47 Å². The number of piperidine rings is 1. The highest BCUT2D eigenvalue weighted by atomic mass is 16.6. The van der Waals surface area contributed by atoms with Gasteiger partial charge in [0.2, 0.25) is 5.91 Å². The van der Waals surface area contributed by atoms with Gasteiger partial charge in [-0.25, -0.2) is 4.79 Å². The zero-order chi connectivity index (χ0) is 19.8. The highest BCUT2D eigenvalue weighted by molar-refractivity contribution is 5.79. The summed E-state index contributed by atoms with van der Waals surface area (Å²) in [4.78, 5) is 28.6. The van der Waals surface area contributed by atoms with Crippen LogP contribution in [0.3, 0.4) is 0 Å². The Balaban J connectivity index is 1.53. The third kappa shape index (κ3) is 5.45. The topological polar surface area (TPSA) is 71.1 Å². The molecule has 2 fully saturated rings. The third-order valence-corrected chi connectivity index (χ3v) is 5.53. The maximum atomic E-state index is 12.7. The smallest absolute Gasteiger partial charge is 0.409 e. The molecule has 0 aromatic heterocycles. The summed E-state index contributed by atoms with van der Waals surface area (Å²) >= 11 is 0. The molecule has 2 amide bonds. The number of carbonyl (C=O) groups is 2. The van der Waals surface area contributed by atoms with E-state index in [9.17, 15) is 9.59 Å². The molecule has 2 aliphatic heterocycles. The molecular weight excluding hydrogens is 358 g/mol. The van der Waals surface area contributed by atoms with E-state index in [0.717, 1.165) is 26.3 Å². The summed E-state index contributed by atoms with van der Waals surface area (Å²) in [6.45, 7) is 7.09. The maximum absolute atomic E-state index is 12.7. The Morgan fingerprint density at radius 3 is 2.46 bits per heavy atom. The summed E-state index contributed by atoms with van der Waals surface area (Å²) in [5.74, 6) is 0.0319. The van der Waals surface area contributed by atoms with Crippen molar-refractivity contribution in [1.29, 1.82) is 0 Å². The molecule has 1 atom stereocenters. The summed E-state index contributed by atoms with van der Waals surface area (Å²) in [7, 11) is 0. The Hall–Kier alpha value is -2.12. The van der Waals surface area contributed by atoms with Crippen molar-refractivity contribution in [3.05, 3.63) is 35.9 Å². The molecule has 2 saturated heterocycles. The Kier molecular flexibility index (Phi) is 7.68. The number of carbonyl (C=O) groups excluding carboxylic acids is 2. The molecule has 0 bridgehead atoms. The van der Waals surface area contributed by atoms with Gasteiger partial charge in [0.1, 0.15) is 0 Å². The molecular formula is C21H31N3O4. The normalized spacial score (nSPS) is 19.8. The van der Waals surface area contributed by atoms with E-state index in [1.807, 2.05) is 18.2 Å². The van der Waals surface area contributed by atoms with E-state index < -0.39 is 0 Å². The lowest BCUT2D eigenvalue weighted by atomic mass is 9.95. The van der Waals surface area contributed by atoms with Crippen molar-refractivity contribution in [2.24, 2.45) is 5.92 Å². The number of ether oxygens (including phenoxy) is 2. The van der Waals surface area contributed by atoms with E-state index >= 15 is 0 Å².